The Hall–Kier alpha value is -2.34. The van der Waals surface area contributed by atoms with Gasteiger partial charge < -0.3 is 14.2 Å². The summed E-state index contributed by atoms with van der Waals surface area (Å²) in [5.74, 6) is 0.372. The molecule has 0 spiro atoms. The van der Waals surface area contributed by atoms with E-state index in [1.165, 1.54) is 14.2 Å². The molecule has 7 heteroatoms. The molecular weight excluding hydrogens is 320 g/mol. The number of halogens is 1. The van der Waals surface area contributed by atoms with E-state index in [-0.39, 0.29) is 17.2 Å². The minimum absolute atomic E-state index is 0.269. The SMILES string of the molecule is CCOC(=O)c1c(Cl)cc(-c2cnc(OC)c(OC)c2)nc1C. The van der Waals surface area contributed by atoms with Gasteiger partial charge >= 0.3 is 5.97 Å². The van der Waals surface area contributed by atoms with Crippen molar-refractivity contribution >= 4 is 17.6 Å². The van der Waals surface area contributed by atoms with Gasteiger partial charge in [0.2, 0.25) is 0 Å². The zero-order valence-electron chi connectivity index (χ0n) is 13.3. The van der Waals surface area contributed by atoms with Crippen LogP contribution in [0.3, 0.4) is 0 Å². The highest BCUT2D eigenvalue weighted by Crippen LogP contribution is 2.31. The van der Waals surface area contributed by atoms with Crippen molar-refractivity contribution in [2.45, 2.75) is 13.8 Å². The lowest BCUT2D eigenvalue weighted by molar-refractivity contribution is 0.0525. The van der Waals surface area contributed by atoms with Crippen molar-refractivity contribution in [2.75, 3.05) is 20.8 Å². The first-order valence-electron chi connectivity index (χ1n) is 6.94. The Morgan fingerprint density at radius 1 is 1.26 bits per heavy atom. The molecule has 0 N–H and O–H groups in total. The molecule has 0 aliphatic heterocycles. The largest absolute Gasteiger partial charge is 0.491 e. The third-order valence-electron chi connectivity index (χ3n) is 3.16. The van der Waals surface area contributed by atoms with E-state index < -0.39 is 5.97 Å². The van der Waals surface area contributed by atoms with E-state index in [1.807, 2.05) is 0 Å². The number of nitrogens with zero attached hydrogens (tertiary/aromatic N) is 2. The Morgan fingerprint density at radius 2 is 2.00 bits per heavy atom. The summed E-state index contributed by atoms with van der Waals surface area (Å²) in [7, 11) is 3.04. The van der Waals surface area contributed by atoms with Gasteiger partial charge in [0.15, 0.2) is 5.75 Å². The first-order chi connectivity index (χ1) is 11.0. The molecule has 23 heavy (non-hydrogen) atoms. The van der Waals surface area contributed by atoms with Crippen LogP contribution in [0.2, 0.25) is 5.02 Å². The van der Waals surface area contributed by atoms with E-state index >= 15 is 0 Å². The quantitative estimate of drug-likeness (QED) is 0.780. The van der Waals surface area contributed by atoms with Crippen LogP contribution in [-0.4, -0.2) is 36.8 Å². The predicted octanol–water partition coefficient (Wildman–Crippen LogP) is 3.30. The summed E-state index contributed by atoms with van der Waals surface area (Å²) in [6, 6.07) is 3.34. The maximum atomic E-state index is 11.9. The minimum Gasteiger partial charge on any atom is -0.491 e. The first kappa shape index (κ1) is 17.0. The molecule has 0 atom stereocenters. The third-order valence-corrected chi connectivity index (χ3v) is 3.46. The monoisotopic (exact) mass is 336 g/mol. The summed E-state index contributed by atoms with van der Waals surface area (Å²) >= 11 is 6.23. The average molecular weight is 337 g/mol. The van der Waals surface area contributed by atoms with Gasteiger partial charge in [0.05, 0.1) is 42.8 Å². The van der Waals surface area contributed by atoms with E-state index in [0.29, 0.717) is 28.6 Å². The molecule has 6 nitrogen and oxygen atoms in total. The van der Waals surface area contributed by atoms with Gasteiger partial charge in [-0.05, 0) is 26.0 Å². The number of pyridine rings is 2. The normalized spacial score (nSPS) is 10.3. The molecule has 2 rings (SSSR count). The number of rotatable bonds is 5. The van der Waals surface area contributed by atoms with Gasteiger partial charge in [0.1, 0.15) is 0 Å². The van der Waals surface area contributed by atoms with E-state index in [1.54, 1.807) is 32.2 Å². The number of esters is 1. The number of ether oxygens (including phenoxy) is 3. The Morgan fingerprint density at radius 3 is 2.57 bits per heavy atom. The molecule has 0 fully saturated rings. The summed E-state index contributed by atoms with van der Waals surface area (Å²) in [5.41, 5.74) is 2.03. The number of carbonyl (C=O) groups is 1. The predicted molar refractivity (Wildman–Crippen MR) is 86.3 cm³/mol. The molecule has 122 valence electrons. The molecule has 0 aliphatic carbocycles. The second-order valence-corrected chi connectivity index (χ2v) is 5.01. The van der Waals surface area contributed by atoms with Gasteiger partial charge in [-0.1, -0.05) is 11.6 Å². The van der Waals surface area contributed by atoms with Gasteiger partial charge in [-0.25, -0.2) is 9.78 Å². The van der Waals surface area contributed by atoms with Gasteiger partial charge in [-0.2, -0.15) is 0 Å². The zero-order valence-corrected chi connectivity index (χ0v) is 14.1. The molecule has 2 aromatic heterocycles. The van der Waals surface area contributed by atoms with Crippen LogP contribution in [0.25, 0.3) is 11.3 Å². The molecular formula is C16H17ClN2O4. The number of aromatic nitrogens is 2. The molecule has 0 bridgehead atoms. The van der Waals surface area contributed by atoms with Gasteiger partial charge in [0, 0.05) is 11.8 Å². The van der Waals surface area contributed by atoms with Gasteiger partial charge in [-0.15, -0.1) is 0 Å². The van der Waals surface area contributed by atoms with E-state index in [9.17, 15) is 4.79 Å². The number of carbonyl (C=O) groups excluding carboxylic acids is 1. The molecule has 2 heterocycles. The van der Waals surface area contributed by atoms with Crippen LogP contribution in [-0.2, 0) is 4.74 Å². The Labute approximate surface area is 139 Å². The smallest absolute Gasteiger partial charge is 0.341 e. The lowest BCUT2D eigenvalue weighted by atomic mass is 10.1. The van der Waals surface area contributed by atoms with Crippen LogP contribution < -0.4 is 9.47 Å². The maximum absolute atomic E-state index is 11.9. The van der Waals surface area contributed by atoms with E-state index in [2.05, 4.69) is 9.97 Å². The number of hydrogen-bond acceptors (Lipinski definition) is 6. The summed E-state index contributed by atoms with van der Waals surface area (Å²) in [6.45, 7) is 3.71. The van der Waals surface area contributed by atoms with Gasteiger partial charge in [0.25, 0.3) is 5.88 Å². The first-order valence-corrected chi connectivity index (χ1v) is 7.32. The average Bonchev–Trinajstić information content (AvgIpc) is 2.53. The fourth-order valence-corrected chi connectivity index (χ4v) is 2.42. The Bertz CT molecular complexity index is 711. The van der Waals surface area contributed by atoms with Crippen LogP contribution >= 0.6 is 11.6 Å². The van der Waals surface area contributed by atoms with Crippen molar-refractivity contribution in [1.29, 1.82) is 0 Å². The lowest BCUT2D eigenvalue weighted by Crippen LogP contribution is -2.09. The van der Waals surface area contributed by atoms with Crippen LogP contribution in [0.5, 0.6) is 11.6 Å². The molecule has 0 unspecified atom stereocenters. The fraction of sp³-hybridized carbons (Fsp3) is 0.312. The Kier molecular flexibility index (Phi) is 5.39. The molecule has 2 aromatic rings. The molecule has 0 aliphatic rings. The highest BCUT2D eigenvalue weighted by Gasteiger charge is 2.18. The second kappa shape index (κ2) is 7.28. The highest BCUT2D eigenvalue weighted by molar-refractivity contribution is 6.34. The standard InChI is InChI=1S/C16H17ClN2O4/c1-5-23-16(20)14-9(2)19-12(7-11(14)17)10-6-13(21-3)15(22-4)18-8-10/h6-8H,5H2,1-4H3. The fourth-order valence-electron chi connectivity index (χ4n) is 2.10. The molecule has 0 saturated heterocycles. The highest BCUT2D eigenvalue weighted by atomic mass is 35.5. The Balaban J connectivity index is 2.48. The summed E-state index contributed by atoms with van der Waals surface area (Å²) < 4.78 is 15.3. The van der Waals surface area contributed by atoms with Crippen molar-refractivity contribution in [3.63, 3.8) is 0 Å². The van der Waals surface area contributed by atoms with E-state index in [4.69, 9.17) is 25.8 Å². The molecule has 0 amide bonds. The molecule has 0 radical (unpaired) electrons. The number of aryl methyl sites for hydroxylation is 1. The second-order valence-electron chi connectivity index (χ2n) is 4.61. The van der Waals surface area contributed by atoms with E-state index in [0.717, 1.165) is 0 Å². The van der Waals surface area contributed by atoms with Crippen molar-refractivity contribution in [3.8, 4) is 22.9 Å². The summed E-state index contributed by atoms with van der Waals surface area (Å²) in [6.07, 6.45) is 1.60. The van der Waals surface area contributed by atoms with Gasteiger partial charge in [-0.3, -0.25) is 4.98 Å². The summed E-state index contributed by atoms with van der Waals surface area (Å²) in [4.78, 5) is 20.5. The van der Waals surface area contributed by atoms with Crippen molar-refractivity contribution in [3.05, 3.63) is 34.6 Å². The van der Waals surface area contributed by atoms with Crippen LogP contribution in [0.15, 0.2) is 18.3 Å². The van der Waals surface area contributed by atoms with Crippen LogP contribution in [0, 0.1) is 6.92 Å². The van der Waals surface area contributed by atoms with Crippen molar-refractivity contribution in [2.24, 2.45) is 0 Å². The number of methoxy groups -OCH3 is 2. The topological polar surface area (TPSA) is 70.5 Å². The molecule has 0 aromatic carbocycles. The molecule has 0 saturated carbocycles. The third kappa shape index (κ3) is 3.53. The minimum atomic E-state index is -0.487. The lowest BCUT2D eigenvalue weighted by Gasteiger charge is -2.11. The van der Waals surface area contributed by atoms with Crippen LogP contribution in [0.1, 0.15) is 23.0 Å². The summed E-state index contributed by atoms with van der Waals surface area (Å²) in [5, 5.41) is 0.278. The number of hydrogen-bond donors (Lipinski definition) is 0. The van der Waals surface area contributed by atoms with Crippen LogP contribution in [0.4, 0.5) is 0 Å². The van der Waals surface area contributed by atoms with Crippen molar-refractivity contribution in [1.82, 2.24) is 9.97 Å². The maximum Gasteiger partial charge on any atom is 0.341 e. The van der Waals surface area contributed by atoms with Crippen molar-refractivity contribution < 1.29 is 19.0 Å². The zero-order chi connectivity index (χ0) is 17.0.